The van der Waals surface area contributed by atoms with E-state index in [9.17, 15) is 15.0 Å². The van der Waals surface area contributed by atoms with Crippen molar-refractivity contribution < 1.29 is 20.1 Å². The van der Waals surface area contributed by atoms with Crippen molar-refractivity contribution in [3.63, 3.8) is 0 Å². The molecule has 0 aliphatic heterocycles. The molecule has 0 radical (unpaired) electrons. The fourth-order valence-corrected chi connectivity index (χ4v) is 8.86. The van der Waals surface area contributed by atoms with E-state index in [0.717, 1.165) is 44.9 Å². The summed E-state index contributed by atoms with van der Waals surface area (Å²) in [5.41, 5.74) is 8.68. The van der Waals surface area contributed by atoms with Crippen molar-refractivity contribution in [3.8, 4) is 0 Å². The first-order valence-electron chi connectivity index (χ1n) is 12.2. The Morgan fingerprint density at radius 3 is 2.58 bits per heavy atom. The summed E-state index contributed by atoms with van der Waals surface area (Å²) in [6.45, 7) is 6.71. The Bertz CT molecular complexity index is 755. The van der Waals surface area contributed by atoms with Crippen molar-refractivity contribution in [2.24, 2.45) is 51.5 Å². The quantitative estimate of drug-likeness (QED) is 0.328. The number of rotatable bonds is 5. The number of carbonyl (C=O) groups is 1. The third kappa shape index (κ3) is 3.57. The number of aliphatic hydroxyl groups is 2. The molecule has 4 rings (SSSR count). The van der Waals surface area contributed by atoms with Crippen LogP contribution in [0.4, 0.5) is 0 Å². The molecular formula is C24H39N3O4. The molecule has 7 nitrogen and oxygen atoms in total. The molecule has 174 valence electrons. The lowest BCUT2D eigenvalue weighted by molar-refractivity contribution is -0.202. The Labute approximate surface area is 185 Å². The Hall–Kier alpha value is -1.30. The van der Waals surface area contributed by atoms with Crippen molar-refractivity contribution in [2.45, 2.75) is 96.8 Å². The third-order valence-corrected chi connectivity index (χ3v) is 10.5. The van der Waals surface area contributed by atoms with Crippen molar-refractivity contribution in [3.05, 3.63) is 10.4 Å². The summed E-state index contributed by atoms with van der Waals surface area (Å²) in [6.07, 6.45) is 6.24. The number of hydrogen-bond donors (Lipinski definition) is 3. The number of carboxylic acids is 1. The molecule has 31 heavy (non-hydrogen) atoms. The van der Waals surface area contributed by atoms with Crippen LogP contribution in [0.5, 0.6) is 0 Å². The van der Waals surface area contributed by atoms with E-state index in [1.54, 1.807) is 0 Å². The molecule has 7 heteroatoms. The average Bonchev–Trinajstić information content (AvgIpc) is 3.07. The van der Waals surface area contributed by atoms with Gasteiger partial charge in [0.15, 0.2) is 0 Å². The molecule has 11 atom stereocenters. The summed E-state index contributed by atoms with van der Waals surface area (Å²) in [5, 5.41) is 36.0. The van der Waals surface area contributed by atoms with Crippen molar-refractivity contribution in [2.75, 3.05) is 0 Å². The van der Waals surface area contributed by atoms with Crippen LogP contribution in [-0.2, 0) is 4.79 Å². The van der Waals surface area contributed by atoms with Gasteiger partial charge in [-0.3, -0.25) is 4.79 Å². The predicted molar refractivity (Wildman–Crippen MR) is 117 cm³/mol. The summed E-state index contributed by atoms with van der Waals surface area (Å²) < 4.78 is 0. The maximum Gasteiger partial charge on any atom is 0.303 e. The van der Waals surface area contributed by atoms with E-state index in [0.29, 0.717) is 18.3 Å². The first kappa shape index (κ1) is 22.9. The van der Waals surface area contributed by atoms with Crippen LogP contribution in [0.1, 0.15) is 78.6 Å². The fourth-order valence-electron chi connectivity index (χ4n) is 8.86. The van der Waals surface area contributed by atoms with Crippen molar-refractivity contribution in [1.29, 1.82) is 0 Å². The maximum atomic E-state index is 11.5. The van der Waals surface area contributed by atoms with Crippen molar-refractivity contribution in [1.82, 2.24) is 0 Å². The second-order valence-corrected chi connectivity index (χ2v) is 11.6. The lowest BCUT2D eigenvalue weighted by Gasteiger charge is -2.63. The molecule has 0 aromatic rings. The highest BCUT2D eigenvalue weighted by atomic mass is 16.4. The van der Waals surface area contributed by atoms with E-state index in [-0.39, 0.29) is 53.1 Å². The Balaban J connectivity index is 1.59. The number of aliphatic hydroxyl groups excluding tert-OH is 2. The minimum absolute atomic E-state index is 0.0246. The second kappa shape index (κ2) is 8.24. The zero-order valence-electron chi connectivity index (χ0n) is 19.2. The number of azide groups is 1. The van der Waals surface area contributed by atoms with Crippen LogP contribution >= 0.6 is 0 Å². The Kier molecular flexibility index (Phi) is 6.08. The van der Waals surface area contributed by atoms with Gasteiger partial charge in [0.2, 0.25) is 0 Å². The molecule has 0 bridgehead atoms. The van der Waals surface area contributed by atoms with Gasteiger partial charge in [-0.25, -0.2) is 0 Å². The van der Waals surface area contributed by atoms with E-state index in [2.05, 4.69) is 30.8 Å². The zero-order valence-corrected chi connectivity index (χ0v) is 19.2. The van der Waals surface area contributed by atoms with Gasteiger partial charge >= 0.3 is 5.97 Å². The van der Waals surface area contributed by atoms with E-state index in [1.807, 2.05) is 0 Å². The predicted octanol–water partition coefficient (Wildman–Crippen LogP) is 4.77. The highest BCUT2D eigenvalue weighted by molar-refractivity contribution is 5.66. The van der Waals surface area contributed by atoms with Crippen LogP contribution in [0.2, 0.25) is 0 Å². The minimum Gasteiger partial charge on any atom is -0.481 e. The van der Waals surface area contributed by atoms with Crippen molar-refractivity contribution >= 4 is 5.97 Å². The topological polar surface area (TPSA) is 127 Å². The number of aliphatic carboxylic acids is 1. The van der Waals surface area contributed by atoms with Crippen LogP contribution in [0.25, 0.3) is 10.4 Å². The molecule has 0 spiro atoms. The summed E-state index contributed by atoms with van der Waals surface area (Å²) in [6, 6.07) is 0.0246. The molecule has 0 aromatic carbocycles. The van der Waals surface area contributed by atoms with Gasteiger partial charge in [-0.1, -0.05) is 25.9 Å². The standard InChI is InChI=1S/C24H39N3O4/c1-13(4-7-21(30)31)16-5-6-17-22-18(12-20(29)24(16,17)3)23(2)9-8-15(26-27-25)10-14(23)11-19(22)28/h13-20,22,28-29H,4-12H2,1-3H3,(H,30,31)/t13-,14-,15-,16-,17+,18+,19-,20+,22+,23+,24-/m1/s1. The molecule has 4 aliphatic carbocycles. The Morgan fingerprint density at radius 2 is 1.90 bits per heavy atom. The average molecular weight is 434 g/mol. The van der Waals surface area contributed by atoms with E-state index in [4.69, 9.17) is 10.6 Å². The van der Waals surface area contributed by atoms with Crippen LogP contribution in [0.3, 0.4) is 0 Å². The minimum atomic E-state index is -0.756. The molecule has 4 saturated carbocycles. The summed E-state index contributed by atoms with van der Waals surface area (Å²) in [4.78, 5) is 14.1. The third-order valence-electron chi connectivity index (χ3n) is 10.5. The number of fused-ring (bicyclic) bond motifs is 5. The van der Waals surface area contributed by atoms with E-state index in [1.165, 1.54) is 0 Å². The fraction of sp³-hybridized carbons (Fsp3) is 0.958. The molecule has 0 saturated heterocycles. The van der Waals surface area contributed by atoms with E-state index < -0.39 is 12.1 Å². The maximum absolute atomic E-state index is 11.5. The zero-order chi connectivity index (χ0) is 22.6. The molecule has 3 N–H and O–H groups in total. The van der Waals surface area contributed by atoms with Gasteiger partial charge in [-0.2, -0.15) is 0 Å². The summed E-state index contributed by atoms with van der Waals surface area (Å²) in [7, 11) is 0. The van der Waals surface area contributed by atoms with Gasteiger partial charge in [0.05, 0.1) is 12.2 Å². The lowest BCUT2D eigenvalue weighted by atomic mass is 9.43. The van der Waals surface area contributed by atoms with Crippen LogP contribution in [-0.4, -0.2) is 39.5 Å². The molecule has 4 fully saturated rings. The lowest BCUT2D eigenvalue weighted by Crippen LogP contribution is -2.62. The normalized spacial score (nSPS) is 49.8. The smallest absolute Gasteiger partial charge is 0.303 e. The van der Waals surface area contributed by atoms with Gasteiger partial charge in [0.25, 0.3) is 0 Å². The summed E-state index contributed by atoms with van der Waals surface area (Å²) in [5.74, 6) is 0.884. The largest absolute Gasteiger partial charge is 0.481 e. The van der Waals surface area contributed by atoms with Crippen LogP contribution in [0.15, 0.2) is 5.11 Å². The van der Waals surface area contributed by atoms with Gasteiger partial charge in [0.1, 0.15) is 0 Å². The van der Waals surface area contributed by atoms with E-state index >= 15 is 0 Å². The Morgan fingerprint density at radius 1 is 1.16 bits per heavy atom. The molecular weight excluding hydrogens is 394 g/mol. The van der Waals surface area contributed by atoms with Crippen LogP contribution < -0.4 is 0 Å². The molecule has 4 aliphatic rings. The first-order chi connectivity index (χ1) is 14.6. The number of nitrogens with zero attached hydrogens (tertiary/aromatic N) is 3. The van der Waals surface area contributed by atoms with Gasteiger partial charge in [0, 0.05) is 17.4 Å². The first-order valence-corrected chi connectivity index (χ1v) is 12.2. The van der Waals surface area contributed by atoms with Gasteiger partial charge in [-0.15, -0.1) is 0 Å². The summed E-state index contributed by atoms with van der Waals surface area (Å²) >= 11 is 0. The van der Waals surface area contributed by atoms with Gasteiger partial charge < -0.3 is 15.3 Å². The molecule has 0 heterocycles. The SMILES string of the molecule is C[C@H](CCC(=O)O)[C@H]1CC[C@H]2[C@@H]3[C@H](O)C[C@H]4C[C@H](N=[N+]=[N-])CC[C@]4(C)[C@H]3C[C@H](O)[C@]12C. The molecule has 0 aromatic heterocycles. The second-order valence-electron chi connectivity index (χ2n) is 11.6. The molecule has 0 unspecified atom stereocenters. The molecule has 0 amide bonds. The highest BCUT2D eigenvalue weighted by Gasteiger charge is 2.65. The number of carboxylic acid groups (broad SMARTS) is 1. The number of hydrogen-bond acceptors (Lipinski definition) is 4. The van der Waals surface area contributed by atoms with Crippen LogP contribution in [0, 0.1) is 46.3 Å². The highest BCUT2D eigenvalue weighted by Crippen LogP contribution is 2.68. The van der Waals surface area contributed by atoms with Gasteiger partial charge in [-0.05, 0) is 103 Å². The monoisotopic (exact) mass is 433 g/mol.